The summed E-state index contributed by atoms with van der Waals surface area (Å²) in [7, 11) is 3.98. The summed E-state index contributed by atoms with van der Waals surface area (Å²) in [6.07, 6.45) is 0. The van der Waals surface area contributed by atoms with Gasteiger partial charge in [0.25, 0.3) is 0 Å². The third-order valence-electron chi connectivity index (χ3n) is 3.04. The first-order valence-electron chi connectivity index (χ1n) is 5.59. The van der Waals surface area contributed by atoms with E-state index in [0.29, 0.717) is 6.54 Å². The first-order valence-corrected chi connectivity index (χ1v) is 6.46. The molecule has 17 heavy (non-hydrogen) atoms. The van der Waals surface area contributed by atoms with E-state index in [1.165, 1.54) is 11.3 Å². The van der Waals surface area contributed by atoms with E-state index in [2.05, 4.69) is 24.1 Å². The molecule has 3 N–H and O–H groups in total. The normalized spacial score (nSPS) is 13.8. The van der Waals surface area contributed by atoms with Gasteiger partial charge in [-0.05, 0) is 39.4 Å². The molecular weight excluding hydrogens is 234 g/mol. The fourth-order valence-corrected chi connectivity index (χ4v) is 1.89. The van der Waals surface area contributed by atoms with Crippen LogP contribution in [0.4, 0.5) is 0 Å². The quantitative estimate of drug-likeness (QED) is 0.831. The average molecular weight is 255 g/mol. The van der Waals surface area contributed by atoms with Crippen molar-refractivity contribution < 1.29 is 4.79 Å². The summed E-state index contributed by atoms with van der Waals surface area (Å²) in [5, 5.41) is 4.82. The summed E-state index contributed by atoms with van der Waals surface area (Å²) in [5.41, 5.74) is 5.79. The van der Waals surface area contributed by atoms with Crippen molar-refractivity contribution in [1.82, 2.24) is 10.2 Å². The van der Waals surface area contributed by atoms with E-state index in [0.717, 1.165) is 4.88 Å². The predicted octanol–water partition coefficient (Wildman–Crippen LogP) is 1.20. The molecule has 1 aromatic rings. The third-order valence-corrected chi connectivity index (χ3v) is 3.99. The van der Waals surface area contributed by atoms with Gasteiger partial charge in [-0.15, -0.1) is 11.3 Å². The van der Waals surface area contributed by atoms with Crippen molar-refractivity contribution in [1.29, 1.82) is 0 Å². The van der Waals surface area contributed by atoms with Gasteiger partial charge in [0.1, 0.15) is 6.04 Å². The first kappa shape index (κ1) is 14.2. The molecule has 0 fully saturated rings. The molecule has 96 valence electrons. The Bertz CT molecular complexity index is 360. The lowest BCUT2D eigenvalue weighted by molar-refractivity contribution is -0.122. The molecule has 0 aromatic carbocycles. The SMILES string of the molecule is CN(C)C(C)(C)CNC(=O)C(N)c1cccs1. The zero-order valence-electron chi connectivity index (χ0n) is 10.9. The van der Waals surface area contributed by atoms with Crippen LogP contribution in [-0.4, -0.2) is 37.0 Å². The molecule has 4 nitrogen and oxygen atoms in total. The van der Waals surface area contributed by atoms with Crippen LogP contribution in [0.25, 0.3) is 0 Å². The van der Waals surface area contributed by atoms with E-state index < -0.39 is 6.04 Å². The molecule has 0 bridgehead atoms. The molecule has 0 aliphatic carbocycles. The van der Waals surface area contributed by atoms with Gasteiger partial charge in [-0.2, -0.15) is 0 Å². The van der Waals surface area contributed by atoms with E-state index in [-0.39, 0.29) is 11.4 Å². The summed E-state index contributed by atoms with van der Waals surface area (Å²) >= 11 is 1.50. The van der Waals surface area contributed by atoms with Crippen molar-refractivity contribution in [2.75, 3.05) is 20.6 Å². The smallest absolute Gasteiger partial charge is 0.242 e. The molecule has 0 spiro atoms. The van der Waals surface area contributed by atoms with Crippen LogP contribution in [0.15, 0.2) is 17.5 Å². The van der Waals surface area contributed by atoms with E-state index in [4.69, 9.17) is 5.73 Å². The van der Waals surface area contributed by atoms with Crippen LogP contribution in [0.5, 0.6) is 0 Å². The number of hydrogen-bond donors (Lipinski definition) is 2. The number of likely N-dealkylation sites (N-methyl/N-ethyl adjacent to an activating group) is 1. The van der Waals surface area contributed by atoms with E-state index in [9.17, 15) is 4.79 Å². The second kappa shape index (κ2) is 5.62. The lowest BCUT2D eigenvalue weighted by Crippen LogP contribution is -2.49. The molecule has 1 heterocycles. The molecule has 5 heteroatoms. The minimum absolute atomic E-state index is 0.0785. The van der Waals surface area contributed by atoms with Gasteiger partial charge in [-0.25, -0.2) is 0 Å². The zero-order chi connectivity index (χ0) is 13.1. The van der Waals surface area contributed by atoms with Gasteiger partial charge in [0.15, 0.2) is 0 Å². The number of rotatable bonds is 5. The molecule has 0 aliphatic heterocycles. The summed E-state index contributed by atoms with van der Waals surface area (Å²) in [4.78, 5) is 14.8. The molecule has 1 unspecified atom stereocenters. The number of nitrogens with zero attached hydrogens (tertiary/aromatic N) is 1. The summed E-state index contributed by atoms with van der Waals surface area (Å²) in [6, 6.07) is 3.22. The third kappa shape index (κ3) is 3.80. The van der Waals surface area contributed by atoms with Crippen molar-refractivity contribution in [3.05, 3.63) is 22.4 Å². The lowest BCUT2D eigenvalue weighted by Gasteiger charge is -2.32. The summed E-state index contributed by atoms with van der Waals surface area (Å²) in [5.74, 6) is -0.123. The van der Waals surface area contributed by atoms with Gasteiger partial charge in [0.2, 0.25) is 5.91 Å². The Hall–Kier alpha value is -0.910. The maximum Gasteiger partial charge on any atom is 0.242 e. The van der Waals surface area contributed by atoms with Gasteiger partial charge in [0, 0.05) is 17.0 Å². The maximum atomic E-state index is 11.9. The van der Waals surface area contributed by atoms with Crippen molar-refractivity contribution in [3.63, 3.8) is 0 Å². The standard InChI is InChI=1S/C12H21N3OS/c1-12(2,15(3)4)8-14-11(16)10(13)9-6-5-7-17-9/h5-7,10H,8,13H2,1-4H3,(H,14,16). The van der Waals surface area contributed by atoms with Crippen molar-refractivity contribution in [2.45, 2.75) is 25.4 Å². The monoisotopic (exact) mass is 255 g/mol. The van der Waals surface area contributed by atoms with E-state index >= 15 is 0 Å². The van der Waals surface area contributed by atoms with Crippen LogP contribution in [0.1, 0.15) is 24.8 Å². The van der Waals surface area contributed by atoms with Crippen LogP contribution in [-0.2, 0) is 4.79 Å². The highest BCUT2D eigenvalue weighted by Gasteiger charge is 2.23. The fourth-order valence-electron chi connectivity index (χ4n) is 1.17. The fraction of sp³-hybridized carbons (Fsp3) is 0.583. The van der Waals surface area contributed by atoms with Gasteiger partial charge in [-0.3, -0.25) is 4.79 Å². The Kier molecular flexibility index (Phi) is 4.68. The number of thiophene rings is 1. The van der Waals surface area contributed by atoms with Gasteiger partial charge in [0.05, 0.1) is 0 Å². The maximum absolute atomic E-state index is 11.9. The predicted molar refractivity (Wildman–Crippen MR) is 72.0 cm³/mol. The van der Waals surface area contributed by atoms with E-state index in [1.807, 2.05) is 31.6 Å². The van der Waals surface area contributed by atoms with Crippen molar-refractivity contribution >= 4 is 17.2 Å². The largest absolute Gasteiger partial charge is 0.353 e. The average Bonchev–Trinajstić information content (AvgIpc) is 2.78. The van der Waals surface area contributed by atoms with Crippen LogP contribution < -0.4 is 11.1 Å². The minimum Gasteiger partial charge on any atom is -0.353 e. The number of nitrogens with two attached hydrogens (primary N) is 1. The highest BCUT2D eigenvalue weighted by molar-refractivity contribution is 7.10. The second-order valence-corrected chi connectivity index (χ2v) is 5.90. The van der Waals surface area contributed by atoms with Gasteiger partial charge in [-0.1, -0.05) is 6.07 Å². The highest BCUT2D eigenvalue weighted by Crippen LogP contribution is 2.17. The van der Waals surface area contributed by atoms with Gasteiger partial charge >= 0.3 is 0 Å². The molecule has 0 saturated heterocycles. The van der Waals surface area contributed by atoms with Crippen LogP contribution in [0, 0.1) is 0 Å². The van der Waals surface area contributed by atoms with Crippen molar-refractivity contribution in [2.24, 2.45) is 5.73 Å². The molecule has 1 rings (SSSR count). The highest BCUT2D eigenvalue weighted by atomic mass is 32.1. The molecule has 0 aliphatic rings. The van der Waals surface area contributed by atoms with E-state index in [1.54, 1.807) is 0 Å². The van der Waals surface area contributed by atoms with Crippen LogP contribution in [0.3, 0.4) is 0 Å². The molecule has 0 radical (unpaired) electrons. The summed E-state index contributed by atoms with van der Waals surface area (Å²) in [6.45, 7) is 4.73. The zero-order valence-corrected chi connectivity index (χ0v) is 11.7. The topological polar surface area (TPSA) is 58.4 Å². The Balaban J connectivity index is 2.51. The van der Waals surface area contributed by atoms with Crippen LogP contribution >= 0.6 is 11.3 Å². The number of hydrogen-bond acceptors (Lipinski definition) is 4. The first-order chi connectivity index (χ1) is 7.84. The number of nitrogens with one attached hydrogen (secondary N) is 1. The lowest BCUT2D eigenvalue weighted by atomic mass is 10.0. The Morgan fingerprint density at radius 3 is 2.71 bits per heavy atom. The molecule has 0 saturated carbocycles. The Morgan fingerprint density at radius 2 is 2.24 bits per heavy atom. The number of carbonyl (C=O) groups excluding carboxylic acids is 1. The number of carbonyl (C=O) groups is 1. The van der Waals surface area contributed by atoms with Gasteiger partial charge < -0.3 is 16.0 Å². The Labute approximate surface area is 107 Å². The molecule has 1 amide bonds. The number of amides is 1. The molecular formula is C12H21N3OS. The molecule has 1 atom stereocenters. The second-order valence-electron chi connectivity index (χ2n) is 4.92. The van der Waals surface area contributed by atoms with Crippen molar-refractivity contribution in [3.8, 4) is 0 Å². The molecule has 1 aromatic heterocycles. The summed E-state index contributed by atoms with van der Waals surface area (Å²) < 4.78 is 0. The van der Waals surface area contributed by atoms with Crippen LogP contribution in [0.2, 0.25) is 0 Å². The Morgan fingerprint density at radius 1 is 1.59 bits per heavy atom. The minimum atomic E-state index is -0.562.